The number of rotatable bonds is 2. The van der Waals surface area contributed by atoms with Crippen molar-refractivity contribution in [1.82, 2.24) is 19.8 Å². The normalized spacial score (nSPS) is 10.6. The van der Waals surface area contributed by atoms with Gasteiger partial charge in [-0.3, -0.25) is 0 Å². The lowest BCUT2D eigenvalue weighted by Gasteiger charge is -1.99. The fraction of sp³-hybridized carbons (Fsp3) is 0.0833. The van der Waals surface area contributed by atoms with Gasteiger partial charge in [0.25, 0.3) is 0 Å². The van der Waals surface area contributed by atoms with Gasteiger partial charge in [-0.05, 0) is 18.2 Å². The zero-order valence-corrected chi connectivity index (χ0v) is 9.24. The highest BCUT2D eigenvalue weighted by Crippen LogP contribution is 2.23. The molecular formula is C12H10N4O. The van der Waals surface area contributed by atoms with Gasteiger partial charge < -0.3 is 4.74 Å². The maximum Gasteiger partial charge on any atom is 0.233 e. The zero-order valence-electron chi connectivity index (χ0n) is 9.24. The van der Waals surface area contributed by atoms with E-state index in [0.717, 1.165) is 16.6 Å². The number of methoxy groups -OCH3 is 1. The minimum atomic E-state index is 0.505. The van der Waals surface area contributed by atoms with Crippen LogP contribution in [0.3, 0.4) is 0 Å². The van der Waals surface area contributed by atoms with Crippen LogP contribution >= 0.6 is 0 Å². The summed E-state index contributed by atoms with van der Waals surface area (Å²) in [7, 11) is 1.57. The van der Waals surface area contributed by atoms with Crippen molar-refractivity contribution in [2.75, 3.05) is 7.11 Å². The first-order valence-electron chi connectivity index (χ1n) is 5.17. The van der Waals surface area contributed by atoms with Crippen molar-refractivity contribution < 1.29 is 4.74 Å². The topological polar surface area (TPSA) is 52.3 Å². The van der Waals surface area contributed by atoms with Gasteiger partial charge >= 0.3 is 0 Å². The van der Waals surface area contributed by atoms with Crippen molar-refractivity contribution in [2.24, 2.45) is 0 Å². The number of hydrogen-bond acceptors (Lipinski definition) is 4. The van der Waals surface area contributed by atoms with Gasteiger partial charge in [0.15, 0.2) is 0 Å². The second-order valence-electron chi connectivity index (χ2n) is 3.61. The summed E-state index contributed by atoms with van der Waals surface area (Å²) in [5.41, 5.74) is 3.04. The van der Waals surface area contributed by atoms with E-state index >= 15 is 0 Å². The minimum absolute atomic E-state index is 0.505. The number of nitrogens with zero attached hydrogens (tertiary/aromatic N) is 4. The van der Waals surface area contributed by atoms with Crippen molar-refractivity contribution in [3.8, 4) is 17.0 Å². The molecule has 0 aromatic carbocycles. The van der Waals surface area contributed by atoms with E-state index in [0.29, 0.717) is 5.88 Å². The fourth-order valence-electron chi connectivity index (χ4n) is 1.71. The SMILES string of the molecule is COc1cc(-c2cc3cccnn3c2)cnn1. The summed E-state index contributed by atoms with van der Waals surface area (Å²) in [6, 6.07) is 7.80. The number of fused-ring (bicyclic) bond motifs is 1. The molecule has 0 N–H and O–H groups in total. The monoisotopic (exact) mass is 226 g/mol. The molecule has 0 aliphatic carbocycles. The highest BCUT2D eigenvalue weighted by atomic mass is 16.5. The van der Waals surface area contributed by atoms with E-state index in [4.69, 9.17) is 4.74 Å². The summed E-state index contributed by atoms with van der Waals surface area (Å²) in [4.78, 5) is 0. The molecule has 3 rings (SSSR count). The van der Waals surface area contributed by atoms with Crippen LogP contribution in [0.4, 0.5) is 0 Å². The molecule has 0 fully saturated rings. The summed E-state index contributed by atoms with van der Waals surface area (Å²) in [6.07, 6.45) is 5.41. The van der Waals surface area contributed by atoms with E-state index in [1.807, 2.05) is 35.0 Å². The van der Waals surface area contributed by atoms with Gasteiger partial charge in [0, 0.05) is 29.6 Å². The molecule has 0 spiro atoms. The second kappa shape index (κ2) is 3.86. The molecule has 5 nitrogen and oxygen atoms in total. The quantitative estimate of drug-likeness (QED) is 0.668. The molecule has 3 aromatic heterocycles. The smallest absolute Gasteiger partial charge is 0.233 e. The molecule has 84 valence electrons. The summed E-state index contributed by atoms with van der Waals surface area (Å²) < 4.78 is 6.88. The minimum Gasteiger partial charge on any atom is -0.480 e. The number of hydrogen-bond donors (Lipinski definition) is 0. The van der Waals surface area contributed by atoms with Crippen LogP contribution in [-0.4, -0.2) is 26.9 Å². The summed E-state index contributed by atoms with van der Waals surface area (Å²) in [6.45, 7) is 0. The average Bonchev–Trinajstić information content (AvgIpc) is 2.82. The molecule has 0 unspecified atom stereocenters. The molecule has 17 heavy (non-hydrogen) atoms. The van der Waals surface area contributed by atoms with Crippen LogP contribution < -0.4 is 4.74 Å². The van der Waals surface area contributed by atoms with Crippen molar-refractivity contribution in [3.63, 3.8) is 0 Å². The Bertz CT molecular complexity index is 629. The summed E-state index contributed by atoms with van der Waals surface area (Å²) in [5.74, 6) is 0.505. The fourth-order valence-corrected chi connectivity index (χ4v) is 1.71. The molecular weight excluding hydrogens is 216 g/mol. The third-order valence-electron chi connectivity index (χ3n) is 2.55. The van der Waals surface area contributed by atoms with E-state index in [1.54, 1.807) is 19.5 Å². The molecule has 0 radical (unpaired) electrons. The first-order chi connectivity index (χ1) is 8.36. The Hall–Kier alpha value is -2.43. The Morgan fingerprint density at radius 1 is 1.24 bits per heavy atom. The molecule has 0 saturated heterocycles. The van der Waals surface area contributed by atoms with Crippen LogP contribution in [0.15, 0.2) is 42.9 Å². The Morgan fingerprint density at radius 2 is 2.18 bits per heavy atom. The van der Waals surface area contributed by atoms with Gasteiger partial charge in [-0.1, -0.05) is 0 Å². The molecule has 0 bridgehead atoms. The largest absolute Gasteiger partial charge is 0.480 e. The highest BCUT2D eigenvalue weighted by molar-refractivity contribution is 5.69. The Kier molecular flexibility index (Phi) is 2.22. The number of ether oxygens (including phenoxy) is 1. The molecule has 0 aliphatic heterocycles. The number of aromatic nitrogens is 4. The zero-order chi connectivity index (χ0) is 11.7. The lowest BCUT2D eigenvalue weighted by molar-refractivity contribution is 0.392. The predicted octanol–water partition coefficient (Wildman–Crippen LogP) is 1.80. The molecule has 3 aromatic rings. The van der Waals surface area contributed by atoms with Crippen LogP contribution in [0.2, 0.25) is 0 Å². The predicted molar refractivity (Wildman–Crippen MR) is 62.8 cm³/mol. The lowest BCUT2D eigenvalue weighted by atomic mass is 10.2. The van der Waals surface area contributed by atoms with Crippen LogP contribution in [-0.2, 0) is 0 Å². The molecule has 5 heteroatoms. The third-order valence-corrected chi connectivity index (χ3v) is 2.55. The van der Waals surface area contributed by atoms with E-state index < -0.39 is 0 Å². The van der Waals surface area contributed by atoms with Crippen molar-refractivity contribution in [1.29, 1.82) is 0 Å². The third kappa shape index (κ3) is 1.71. The van der Waals surface area contributed by atoms with E-state index in [2.05, 4.69) is 15.3 Å². The van der Waals surface area contributed by atoms with Gasteiger partial charge in [0.1, 0.15) is 0 Å². The van der Waals surface area contributed by atoms with Gasteiger partial charge in [-0.25, -0.2) is 4.52 Å². The highest BCUT2D eigenvalue weighted by Gasteiger charge is 2.04. The van der Waals surface area contributed by atoms with Gasteiger partial charge in [-0.2, -0.15) is 10.2 Å². The van der Waals surface area contributed by atoms with E-state index in [1.165, 1.54) is 0 Å². The maximum absolute atomic E-state index is 5.05. The van der Waals surface area contributed by atoms with E-state index in [9.17, 15) is 0 Å². The van der Waals surface area contributed by atoms with Gasteiger partial charge in [0.05, 0.1) is 18.8 Å². The molecule has 0 aliphatic rings. The first kappa shape index (κ1) is 9.77. The van der Waals surface area contributed by atoms with Crippen molar-refractivity contribution in [3.05, 3.63) is 42.9 Å². The average molecular weight is 226 g/mol. The molecule has 0 atom stereocenters. The Labute approximate surface area is 97.7 Å². The van der Waals surface area contributed by atoms with Crippen LogP contribution in [0, 0.1) is 0 Å². The summed E-state index contributed by atoms with van der Waals surface area (Å²) >= 11 is 0. The summed E-state index contributed by atoms with van der Waals surface area (Å²) in [5, 5.41) is 12.0. The van der Waals surface area contributed by atoms with Crippen LogP contribution in [0.1, 0.15) is 0 Å². The first-order valence-corrected chi connectivity index (χ1v) is 5.17. The van der Waals surface area contributed by atoms with Gasteiger partial charge in [-0.15, -0.1) is 5.10 Å². The van der Waals surface area contributed by atoms with Crippen LogP contribution in [0.25, 0.3) is 16.6 Å². The molecule has 3 heterocycles. The van der Waals surface area contributed by atoms with Crippen molar-refractivity contribution in [2.45, 2.75) is 0 Å². The maximum atomic E-state index is 5.05. The Balaban J connectivity index is 2.13. The molecule has 0 amide bonds. The van der Waals surface area contributed by atoms with E-state index in [-0.39, 0.29) is 0 Å². The van der Waals surface area contributed by atoms with Crippen LogP contribution in [0.5, 0.6) is 5.88 Å². The Morgan fingerprint density at radius 3 is 3.00 bits per heavy atom. The lowest BCUT2D eigenvalue weighted by Crippen LogP contribution is -1.90. The standard InChI is InChI=1S/C12H10N4O/c1-17-12-6-9(7-13-15-12)10-5-11-3-2-4-14-16(11)8-10/h2-8H,1H3. The van der Waals surface area contributed by atoms with Gasteiger partial charge in [0.2, 0.25) is 5.88 Å². The molecule has 0 saturated carbocycles. The second-order valence-corrected chi connectivity index (χ2v) is 3.61. The van der Waals surface area contributed by atoms with Crippen molar-refractivity contribution >= 4 is 5.52 Å².